The molecule has 0 aliphatic rings. The van der Waals surface area contributed by atoms with Gasteiger partial charge >= 0.3 is 10.0 Å². The smallest absolute Gasteiger partial charge is 0.301 e. The van der Waals surface area contributed by atoms with Crippen LogP contribution in [-0.4, -0.2) is 26.5 Å². The van der Waals surface area contributed by atoms with Gasteiger partial charge in [0.1, 0.15) is 11.3 Å². The van der Waals surface area contributed by atoms with Gasteiger partial charge in [-0.1, -0.05) is 30.3 Å². The number of ether oxygens (including phenoxy) is 1. The van der Waals surface area contributed by atoms with Gasteiger partial charge in [-0.3, -0.25) is 0 Å². The molecule has 2 aromatic heterocycles. The third-order valence-electron chi connectivity index (χ3n) is 4.51. The summed E-state index contributed by atoms with van der Waals surface area (Å²) >= 11 is 0. The Kier molecular flexibility index (Phi) is 4.70. The van der Waals surface area contributed by atoms with Crippen LogP contribution in [0.1, 0.15) is 5.56 Å². The highest BCUT2D eigenvalue weighted by Gasteiger charge is 2.25. The minimum atomic E-state index is -3.92. The van der Waals surface area contributed by atoms with Crippen molar-refractivity contribution >= 4 is 21.0 Å². The first-order valence-electron chi connectivity index (χ1n) is 8.77. The third kappa shape index (κ3) is 3.19. The molecule has 144 valence electrons. The molecule has 0 unspecified atom stereocenters. The largest absolute Gasteiger partial charge is 0.497 e. The van der Waals surface area contributed by atoms with Gasteiger partial charge in [0.25, 0.3) is 0 Å². The molecule has 1 N–H and O–H groups in total. The van der Waals surface area contributed by atoms with Gasteiger partial charge in [-0.15, -0.1) is 0 Å². The molecule has 7 heteroatoms. The molecular weight excluding hydrogens is 376 g/mol. The second-order valence-corrected chi connectivity index (χ2v) is 8.15. The van der Waals surface area contributed by atoms with Crippen LogP contribution in [0.4, 0.5) is 0 Å². The molecule has 0 spiro atoms. The Balaban J connectivity index is 1.89. The van der Waals surface area contributed by atoms with E-state index in [9.17, 15) is 8.42 Å². The Morgan fingerprint density at radius 3 is 2.64 bits per heavy atom. The first kappa shape index (κ1) is 18.3. The van der Waals surface area contributed by atoms with Crippen LogP contribution in [0, 0.1) is 0 Å². The van der Waals surface area contributed by atoms with Gasteiger partial charge in [-0.2, -0.15) is 8.42 Å². The molecule has 28 heavy (non-hydrogen) atoms. The third-order valence-corrected chi connectivity index (χ3v) is 6.03. The topological polar surface area (TPSA) is 73.5 Å². The van der Waals surface area contributed by atoms with Crippen LogP contribution in [0.2, 0.25) is 0 Å². The minimum Gasteiger partial charge on any atom is -0.497 e. The van der Waals surface area contributed by atoms with Crippen molar-refractivity contribution in [2.75, 3.05) is 14.2 Å². The molecule has 0 saturated carbocycles. The predicted octanol–water partition coefficient (Wildman–Crippen LogP) is 3.87. The molecule has 2 heterocycles. The zero-order chi connectivity index (χ0) is 19.7. The van der Waals surface area contributed by atoms with Crippen LogP contribution in [0.3, 0.4) is 0 Å². The van der Waals surface area contributed by atoms with E-state index in [1.165, 1.54) is 3.97 Å². The first-order valence-corrected chi connectivity index (χ1v) is 10.2. The van der Waals surface area contributed by atoms with Crippen LogP contribution in [0.15, 0.2) is 76.4 Å². The van der Waals surface area contributed by atoms with Gasteiger partial charge in [0, 0.05) is 29.8 Å². The van der Waals surface area contributed by atoms with E-state index >= 15 is 0 Å². The highest BCUT2D eigenvalue weighted by atomic mass is 32.2. The second-order valence-electron chi connectivity index (χ2n) is 6.40. The maximum atomic E-state index is 13.4. The molecule has 0 fully saturated rings. The van der Waals surface area contributed by atoms with Crippen molar-refractivity contribution in [3.8, 4) is 17.0 Å². The Hall–Kier alpha value is -3.03. The van der Waals surface area contributed by atoms with Crippen molar-refractivity contribution in [2.45, 2.75) is 11.6 Å². The minimum absolute atomic E-state index is 0.0931. The summed E-state index contributed by atoms with van der Waals surface area (Å²) in [7, 11) is -0.520. The molecule has 0 saturated heterocycles. The first-order chi connectivity index (χ1) is 13.5. The van der Waals surface area contributed by atoms with Gasteiger partial charge in [0.05, 0.1) is 12.8 Å². The van der Waals surface area contributed by atoms with E-state index in [-0.39, 0.29) is 5.09 Å². The molecule has 0 radical (unpaired) electrons. The highest BCUT2D eigenvalue weighted by molar-refractivity contribution is 7.89. The van der Waals surface area contributed by atoms with E-state index in [4.69, 9.17) is 9.15 Å². The SMILES string of the molecule is CNCc1cc(-c2cccc(OC)c2)n(S(=O)(=O)c2cc3ccccc3o2)c1. The predicted molar refractivity (Wildman–Crippen MR) is 108 cm³/mol. The quantitative estimate of drug-likeness (QED) is 0.536. The Labute approximate surface area is 163 Å². The average molecular weight is 396 g/mol. The summed E-state index contributed by atoms with van der Waals surface area (Å²) < 4.78 is 39.0. The van der Waals surface area contributed by atoms with Crippen molar-refractivity contribution in [1.29, 1.82) is 0 Å². The second kappa shape index (κ2) is 7.18. The highest BCUT2D eigenvalue weighted by Crippen LogP contribution is 2.31. The lowest BCUT2D eigenvalue weighted by molar-refractivity contribution is 0.415. The zero-order valence-electron chi connectivity index (χ0n) is 15.5. The molecule has 4 aromatic rings. The van der Waals surface area contributed by atoms with Gasteiger partial charge in [0.2, 0.25) is 5.09 Å². The molecule has 0 aliphatic carbocycles. The van der Waals surface area contributed by atoms with E-state index in [0.29, 0.717) is 23.6 Å². The Bertz CT molecular complexity index is 1210. The number of benzene rings is 2. The Morgan fingerprint density at radius 1 is 1.07 bits per heavy atom. The number of rotatable bonds is 6. The summed E-state index contributed by atoms with van der Waals surface area (Å²) in [6.45, 7) is 0.541. The van der Waals surface area contributed by atoms with Crippen LogP contribution in [0.5, 0.6) is 5.75 Å². The van der Waals surface area contributed by atoms with E-state index in [0.717, 1.165) is 16.5 Å². The lowest BCUT2D eigenvalue weighted by atomic mass is 10.1. The van der Waals surface area contributed by atoms with E-state index in [1.807, 2.05) is 55.6 Å². The van der Waals surface area contributed by atoms with Crippen molar-refractivity contribution < 1.29 is 17.6 Å². The molecule has 6 nitrogen and oxygen atoms in total. The van der Waals surface area contributed by atoms with E-state index < -0.39 is 10.0 Å². The average Bonchev–Trinajstić information content (AvgIpc) is 3.33. The maximum absolute atomic E-state index is 13.4. The lowest BCUT2D eigenvalue weighted by Crippen LogP contribution is -2.12. The summed E-state index contributed by atoms with van der Waals surface area (Å²) in [4.78, 5) is 0. The van der Waals surface area contributed by atoms with Gasteiger partial charge < -0.3 is 14.5 Å². The normalized spacial score (nSPS) is 11.8. The van der Waals surface area contributed by atoms with Crippen molar-refractivity contribution in [2.24, 2.45) is 0 Å². The monoisotopic (exact) mass is 396 g/mol. The number of aromatic nitrogens is 1. The molecule has 0 amide bonds. The van der Waals surface area contributed by atoms with Crippen molar-refractivity contribution in [3.05, 3.63) is 72.4 Å². The maximum Gasteiger partial charge on any atom is 0.301 e. The fourth-order valence-electron chi connectivity index (χ4n) is 3.17. The number of methoxy groups -OCH3 is 1. The summed E-state index contributed by atoms with van der Waals surface area (Å²) in [5.41, 5.74) is 2.66. The van der Waals surface area contributed by atoms with Crippen LogP contribution in [-0.2, 0) is 16.6 Å². The molecule has 2 aromatic carbocycles. The summed E-state index contributed by atoms with van der Waals surface area (Å²) in [5.74, 6) is 0.654. The molecule has 0 bridgehead atoms. The van der Waals surface area contributed by atoms with Gasteiger partial charge in [-0.25, -0.2) is 3.97 Å². The number of fused-ring (bicyclic) bond motifs is 1. The molecule has 0 aliphatic heterocycles. The standard InChI is InChI=1S/C21H20N2O4S/c1-22-13-15-10-19(16-7-5-8-18(11-16)26-2)23(14-15)28(24,25)21-12-17-6-3-4-9-20(17)27-21/h3-12,14,22H,13H2,1-2H3. The summed E-state index contributed by atoms with van der Waals surface area (Å²) in [6, 6.07) is 17.9. The van der Waals surface area contributed by atoms with Gasteiger partial charge in [0.15, 0.2) is 0 Å². The number of para-hydroxylation sites is 1. The zero-order valence-corrected chi connectivity index (χ0v) is 16.4. The molecular formula is C21H20N2O4S. The van der Waals surface area contributed by atoms with E-state index in [1.54, 1.807) is 25.4 Å². The fraction of sp³-hybridized carbons (Fsp3) is 0.143. The number of hydrogen-bond donors (Lipinski definition) is 1. The number of furan rings is 1. The Morgan fingerprint density at radius 2 is 1.89 bits per heavy atom. The van der Waals surface area contributed by atoms with E-state index in [2.05, 4.69) is 5.32 Å². The van der Waals surface area contributed by atoms with Gasteiger partial charge in [-0.05, 0) is 36.9 Å². The lowest BCUT2D eigenvalue weighted by Gasteiger charge is -2.09. The number of nitrogens with zero attached hydrogens (tertiary/aromatic N) is 1. The summed E-state index contributed by atoms with van der Waals surface area (Å²) in [6.07, 6.45) is 1.62. The van der Waals surface area contributed by atoms with Crippen molar-refractivity contribution in [1.82, 2.24) is 9.29 Å². The number of hydrogen-bond acceptors (Lipinski definition) is 5. The molecule has 0 atom stereocenters. The van der Waals surface area contributed by atoms with Crippen LogP contribution < -0.4 is 10.1 Å². The molecule has 4 rings (SSSR count). The van der Waals surface area contributed by atoms with Crippen LogP contribution >= 0.6 is 0 Å². The van der Waals surface area contributed by atoms with Crippen molar-refractivity contribution in [3.63, 3.8) is 0 Å². The number of nitrogens with one attached hydrogen (secondary N) is 1. The van der Waals surface area contributed by atoms with Crippen LogP contribution in [0.25, 0.3) is 22.2 Å². The summed E-state index contributed by atoms with van der Waals surface area (Å²) in [5, 5.41) is 3.70. The fourth-order valence-corrected chi connectivity index (χ4v) is 4.53.